The molecule has 1 unspecified atom stereocenters. The molecule has 1 fully saturated rings. The van der Waals surface area contributed by atoms with Crippen molar-refractivity contribution >= 4 is 11.8 Å². The Morgan fingerprint density at radius 1 is 1.11 bits per heavy atom. The van der Waals surface area contributed by atoms with Crippen LogP contribution in [0.5, 0.6) is 0 Å². The summed E-state index contributed by atoms with van der Waals surface area (Å²) in [6.07, 6.45) is 3.14. The summed E-state index contributed by atoms with van der Waals surface area (Å²) in [6, 6.07) is 7.50. The molecule has 3 rings (SSSR count). The summed E-state index contributed by atoms with van der Waals surface area (Å²) in [6.45, 7) is 1.85. The molecule has 1 aromatic carbocycles. The standard InChI is InChI=1S/C15H18N2O2/c18-14-10-11-4-1-2-6-13(11)15(19)17(14)12-5-3-8-16-9-7-12/h1-2,4,6,12,16H,3,5,7-10H2. The quantitative estimate of drug-likeness (QED) is 0.774. The number of carbonyl (C=O) groups is 2. The van der Waals surface area contributed by atoms with Gasteiger partial charge in [0.15, 0.2) is 0 Å². The Balaban J connectivity index is 1.90. The molecule has 100 valence electrons. The van der Waals surface area contributed by atoms with Gasteiger partial charge < -0.3 is 5.32 Å². The molecule has 0 aromatic heterocycles. The number of nitrogens with one attached hydrogen (secondary N) is 1. The van der Waals surface area contributed by atoms with Gasteiger partial charge in [-0.1, -0.05) is 18.2 Å². The number of hydrogen-bond donors (Lipinski definition) is 1. The summed E-state index contributed by atoms with van der Waals surface area (Å²) in [5.41, 5.74) is 1.56. The summed E-state index contributed by atoms with van der Waals surface area (Å²) in [5.74, 6) is -0.158. The second-order valence-corrected chi connectivity index (χ2v) is 5.24. The van der Waals surface area contributed by atoms with E-state index < -0.39 is 0 Å². The fourth-order valence-corrected chi connectivity index (χ4v) is 3.00. The number of fused-ring (bicyclic) bond motifs is 1. The number of carbonyl (C=O) groups excluding carboxylic acids is 2. The van der Waals surface area contributed by atoms with E-state index in [4.69, 9.17) is 0 Å². The third-order valence-electron chi connectivity index (χ3n) is 3.99. The van der Waals surface area contributed by atoms with Crippen LogP contribution in [0.15, 0.2) is 24.3 Å². The Kier molecular flexibility index (Phi) is 3.34. The highest BCUT2D eigenvalue weighted by molar-refractivity contribution is 6.09. The maximum Gasteiger partial charge on any atom is 0.261 e. The van der Waals surface area contributed by atoms with E-state index in [0.29, 0.717) is 12.0 Å². The van der Waals surface area contributed by atoms with E-state index in [0.717, 1.165) is 37.9 Å². The molecular formula is C15H18N2O2. The van der Waals surface area contributed by atoms with Gasteiger partial charge in [0, 0.05) is 11.6 Å². The summed E-state index contributed by atoms with van der Waals surface area (Å²) >= 11 is 0. The average Bonchev–Trinajstić information content (AvgIpc) is 2.68. The van der Waals surface area contributed by atoms with Crippen molar-refractivity contribution in [3.8, 4) is 0 Å². The zero-order valence-electron chi connectivity index (χ0n) is 10.9. The molecule has 0 radical (unpaired) electrons. The molecule has 0 spiro atoms. The van der Waals surface area contributed by atoms with Gasteiger partial charge in [-0.3, -0.25) is 14.5 Å². The molecule has 1 saturated heterocycles. The largest absolute Gasteiger partial charge is 0.317 e. The Bertz CT molecular complexity index is 505. The lowest BCUT2D eigenvalue weighted by atomic mass is 9.95. The minimum absolute atomic E-state index is 0.0457. The SMILES string of the molecule is O=C1Cc2ccccc2C(=O)N1C1CCCNCC1. The lowest BCUT2D eigenvalue weighted by Gasteiger charge is -2.33. The maximum absolute atomic E-state index is 12.5. The van der Waals surface area contributed by atoms with Crippen LogP contribution in [0, 0.1) is 0 Å². The lowest BCUT2D eigenvalue weighted by Crippen LogP contribution is -2.48. The predicted molar refractivity (Wildman–Crippen MR) is 71.8 cm³/mol. The highest BCUT2D eigenvalue weighted by Crippen LogP contribution is 2.24. The molecule has 19 heavy (non-hydrogen) atoms. The fraction of sp³-hybridized carbons (Fsp3) is 0.467. The van der Waals surface area contributed by atoms with Gasteiger partial charge in [0.25, 0.3) is 5.91 Å². The second-order valence-electron chi connectivity index (χ2n) is 5.24. The van der Waals surface area contributed by atoms with Crippen molar-refractivity contribution in [3.63, 3.8) is 0 Å². The van der Waals surface area contributed by atoms with Crippen LogP contribution < -0.4 is 5.32 Å². The first-order valence-corrected chi connectivity index (χ1v) is 6.92. The summed E-state index contributed by atoms with van der Waals surface area (Å²) in [7, 11) is 0. The van der Waals surface area contributed by atoms with E-state index in [2.05, 4.69) is 5.32 Å². The summed E-state index contributed by atoms with van der Waals surface area (Å²) in [4.78, 5) is 26.3. The van der Waals surface area contributed by atoms with Crippen LogP contribution in [-0.2, 0) is 11.2 Å². The van der Waals surface area contributed by atoms with Gasteiger partial charge in [-0.25, -0.2) is 0 Å². The molecule has 2 aliphatic heterocycles. The van der Waals surface area contributed by atoms with Crippen LogP contribution in [0.3, 0.4) is 0 Å². The summed E-state index contributed by atoms with van der Waals surface area (Å²) < 4.78 is 0. The third-order valence-corrected chi connectivity index (χ3v) is 3.99. The van der Waals surface area contributed by atoms with Crippen molar-refractivity contribution in [2.75, 3.05) is 13.1 Å². The van der Waals surface area contributed by atoms with Gasteiger partial charge in [0.05, 0.1) is 6.42 Å². The Hall–Kier alpha value is -1.68. The van der Waals surface area contributed by atoms with Crippen molar-refractivity contribution in [1.82, 2.24) is 10.2 Å². The molecular weight excluding hydrogens is 240 g/mol. The first kappa shape index (κ1) is 12.4. The van der Waals surface area contributed by atoms with Crippen molar-refractivity contribution in [1.29, 1.82) is 0 Å². The van der Waals surface area contributed by atoms with E-state index in [1.165, 1.54) is 4.90 Å². The monoisotopic (exact) mass is 258 g/mol. The highest BCUT2D eigenvalue weighted by atomic mass is 16.2. The number of rotatable bonds is 1. The molecule has 0 aliphatic carbocycles. The van der Waals surface area contributed by atoms with Gasteiger partial charge in [-0.15, -0.1) is 0 Å². The first-order chi connectivity index (χ1) is 9.27. The normalized spacial score (nSPS) is 24.0. The molecule has 0 bridgehead atoms. The topological polar surface area (TPSA) is 49.4 Å². The Morgan fingerprint density at radius 3 is 2.84 bits per heavy atom. The smallest absolute Gasteiger partial charge is 0.261 e. The molecule has 2 amide bonds. The minimum atomic E-state index is -0.112. The molecule has 0 saturated carbocycles. The molecule has 1 aromatic rings. The Labute approximate surface area is 112 Å². The van der Waals surface area contributed by atoms with Crippen LogP contribution in [0.4, 0.5) is 0 Å². The van der Waals surface area contributed by atoms with Gasteiger partial charge in [-0.2, -0.15) is 0 Å². The van der Waals surface area contributed by atoms with Gasteiger partial charge >= 0.3 is 0 Å². The van der Waals surface area contributed by atoms with Crippen molar-refractivity contribution in [2.24, 2.45) is 0 Å². The molecule has 2 aliphatic rings. The van der Waals surface area contributed by atoms with Gasteiger partial charge in [-0.05, 0) is 44.0 Å². The van der Waals surface area contributed by atoms with Crippen LogP contribution in [0.2, 0.25) is 0 Å². The van der Waals surface area contributed by atoms with E-state index >= 15 is 0 Å². The van der Waals surface area contributed by atoms with Crippen LogP contribution in [0.1, 0.15) is 35.2 Å². The average molecular weight is 258 g/mol. The van der Waals surface area contributed by atoms with Crippen LogP contribution in [-0.4, -0.2) is 35.8 Å². The minimum Gasteiger partial charge on any atom is -0.317 e. The second kappa shape index (κ2) is 5.13. The predicted octanol–water partition coefficient (Wildman–Crippen LogP) is 1.35. The van der Waals surface area contributed by atoms with Crippen molar-refractivity contribution in [3.05, 3.63) is 35.4 Å². The number of imide groups is 1. The Morgan fingerprint density at radius 2 is 1.95 bits per heavy atom. The zero-order chi connectivity index (χ0) is 13.2. The van der Waals surface area contributed by atoms with Gasteiger partial charge in [0.2, 0.25) is 5.91 Å². The van der Waals surface area contributed by atoms with E-state index in [9.17, 15) is 9.59 Å². The van der Waals surface area contributed by atoms with Crippen LogP contribution >= 0.6 is 0 Å². The molecule has 2 heterocycles. The van der Waals surface area contributed by atoms with Crippen molar-refractivity contribution < 1.29 is 9.59 Å². The highest BCUT2D eigenvalue weighted by Gasteiger charge is 2.35. The third kappa shape index (κ3) is 2.28. The van der Waals surface area contributed by atoms with Crippen molar-refractivity contribution in [2.45, 2.75) is 31.7 Å². The van der Waals surface area contributed by atoms with Gasteiger partial charge in [0.1, 0.15) is 0 Å². The molecule has 4 heteroatoms. The number of nitrogens with zero attached hydrogens (tertiary/aromatic N) is 1. The number of hydrogen-bond acceptors (Lipinski definition) is 3. The molecule has 4 nitrogen and oxygen atoms in total. The van der Waals surface area contributed by atoms with E-state index in [-0.39, 0.29) is 17.9 Å². The van der Waals surface area contributed by atoms with E-state index in [1.54, 1.807) is 0 Å². The van der Waals surface area contributed by atoms with E-state index in [1.807, 2.05) is 24.3 Å². The molecule has 1 N–H and O–H groups in total. The number of amides is 2. The zero-order valence-corrected chi connectivity index (χ0v) is 10.9. The maximum atomic E-state index is 12.5. The first-order valence-electron chi connectivity index (χ1n) is 6.92. The summed E-state index contributed by atoms with van der Waals surface area (Å²) in [5, 5.41) is 3.32. The number of benzene rings is 1. The van der Waals surface area contributed by atoms with Crippen LogP contribution in [0.25, 0.3) is 0 Å². The molecule has 1 atom stereocenters. The fourth-order valence-electron chi connectivity index (χ4n) is 3.00. The lowest BCUT2D eigenvalue weighted by molar-refractivity contribution is -0.130.